The highest BCUT2D eigenvalue weighted by Crippen LogP contribution is 2.08. The Balaban J connectivity index is 1.68. The molecule has 2 N–H and O–H groups in total. The van der Waals surface area contributed by atoms with Crippen molar-refractivity contribution in [3.63, 3.8) is 0 Å². The molecule has 6 heteroatoms. The summed E-state index contributed by atoms with van der Waals surface area (Å²) in [5.74, 6) is 0.0592. The molecular weight excluding hydrogens is 294 g/mol. The maximum absolute atomic E-state index is 12.3. The smallest absolute Gasteiger partial charge is 0.270 e. The van der Waals surface area contributed by atoms with E-state index in [1.54, 1.807) is 4.90 Å². The largest absolute Gasteiger partial charge is 0.483 e. The number of rotatable bonds is 4. The van der Waals surface area contributed by atoms with E-state index in [1.165, 1.54) is 12.3 Å². The van der Waals surface area contributed by atoms with E-state index < -0.39 is 0 Å². The lowest BCUT2D eigenvalue weighted by Gasteiger charge is -2.27. The topological polar surface area (TPSA) is 74.4 Å². The second kappa shape index (κ2) is 7.11. The van der Waals surface area contributed by atoms with Crippen LogP contribution in [0.3, 0.4) is 0 Å². The zero-order valence-corrected chi connectivity index (χ0v) is 12.7. The van der Waals surface area contributed by atoms with Crippen LogP contribution >= 0.6 is 0 Å². The first-order valence-electron chi connectivity index (χ1n) is 7.63. The Hall–Kier alpha value is -2.60. The van der Waals surface area contributed by atoms with Gasteiger partial charge in [0, 0.05) is 38.4 Å². The van der Waals surface area contributed by atoms with E-state index in [2.05, 4.69) is 10.3 Å². The molecule has 1 amide bonds. The first-order chi connectivity index (χ1) is 11.2. The number of piperazine rings is 1. The van der Waals surface area contributed by atoms with Gasteiger partial charge in [-0.3, -0.25) is 9.59 Å². The number of hydrogen-bond donors (Lipinski definition) is 2. The molecule has 0 aliphatic carbocycles. The zero-order chi connectivity index (χ0) is 16.1. The van der Waals surface area contributed by atoms with Crippen molar-refractivity contribution in [2.24, 2.45) is 0 Å². The van der Waals surface area contributed by atoms with Crippen LogP contribution in [0.1, 0.15) is 16.1 Å². The molecule has 1 aliphatic rings. The molecule has 1 aromatic carbocycles. The van der Waals surface area contributed by atoms with E-state index in [9.17, 15) is 9.59 Å². The molecule has 2 aromatic rings. The Bertz CT molecular complexity index is 721. The number of carbonyl (C=O) groups is 1. The summed E-state index contributed by atoms with van der Waals surface area (Å²) in [6.45, 7) is 3.15. The number of aromatic nitrogens is 1. The molecule has 120 valence electrons. The van der Waals surface area contributed by atoms with E-state index in [1.807, 2.05) is 30.3 Å². The third-order valence-electron chi connectivity index (χ3n) is 3.75. The van der Waals surface area contributed by atoms with Crippen LogP contribution in [0.15, 0.2) is 47.4 Å². The molecule has 0 unspecified atom stereocenters. The fourth-order valence-corrected chi connectivity index (χ4v) is 2.47. The third-order valence-corrected chi connectivity index (χ3v) is 3.75. The minimum Gasteiger partial charge on any atom is -0.483 e. The van der Waals surface area contributed by atoms with Gasteiger partial charge in [0.15, 0.2) is 5.75 Å². The summed E-state index contributed by atoms with van der Waals surface area (Å²) < 4.78 is 5.52. The van der Waals surface area contributed by atoms with E-state index in [0.717, 1.165) is 18.7 Å². The Morgan fingerprint density at radius 3 is 2.61 bits per heavy atom. The van der Waals surface area contributed by atoms with Gasteiger partial charge < -0.3 is 19.9 Å². The monoisotopic (exact) mass is 313 g/mol. The van der Waals surface area contributed by atoms with E-state index in [0.29, 0.717) is 25.4 Å². The molecule has 1 fully saturated rings. The minimum absolute atomic E-state index is 0.154. The first kappa shape index (κ1) is 15.3. The second-order valence-corrected chi connectivity index (χ2v) is 5.39. The molecule has 0 spiro atoms. The van der Waals surface area contributed by atoms with E-state index in [4.69, 9.17) is 4.74 Å². The number of pyridine rings is 1. The highest BCUT2D eigenvalue weighted by Gasteiger charge is 2.19. The van der Waals surface area contributed by atoms with Crippen molar-refractivity contribution < 1.29 is 9.53 Å². The summed E-state index contributed by atoms with van der Waals surface area (Å²) in [4.78, 5) is 29.1. The second-order valence-electron chi connectivity index (χ2n) is 5.39. The van der Waals surface area contributed by atoms with Crippen molar-refractivity contribution >= 4 is 5.91 Å². The molecule has 0 radical (unpaired) electrons. The number of nitrogens with zero attached hydrogens (tertiary/aromatic N) is 1. The van der Waals surface area contributed by atoms with Gasteiger partial charge in [-0.1, -0.05) is 30.3 Å². The lowest BCUT2D eigenvalue weighted by atomic mass is 10.2. The van der Waals surface area contributed by atoms with Crippen molar-refractivity contribution in [3.05, 3.63) is 64.1 Å². The summed E-state index contributed by atoms with van der Waals surface area (Å²) >= 11 is 0. The lowest BCUT2D eigenvalue weighted by molar-refractivity contribution is 0.0729. The maximum atomic E-state index is 12.3. The average molecular weight is 313 g/mol. The fourth-order valence-electron chi connectivity index (χ4n) is 2.47. The van der Waals surface area contributed by atoms with Gasteiger partial charge in [-0.05, 0) is 5.56 Å². The number of H-pyrrole nitrogens is 1. The molecular formula is C17H19N3O3. The number of ether oxygens (including phenoxy) is 1. The van der Waals surface area contributed by atoms with Crippen molar-refractivity contribution in [2.75, 3.05) is 26.2 Å². The normalized spacial score (nSPS) is 14.5. The fraction of sp³-hybridized carbons (Fsp3) is 0.294. The molecule has 0 saturated carbocycles. The van der Waals surface area contributed by atoms with Gasteiger partial charge in [-0.15, -0.1) is 0 Å². The van der Waals surface area contributed by atoms with Gasteiger partial charge in [-0.25, -0.2) is 0 Å². The minimum atomic E-state index is -0.293. The van der Waals surface area contributed by atoms with Crippen LogP contribution in [0.25, 0.3) is 0 Å². The molecule has 3 rings (SSSR count). The highest BCUT2D eigenvalue weighted by atomic mass is 16.5. The quantitative estimate of drug-likeness (QED) is 0.883. The van der Waals surface area contributed by atoms with Gasteiger partial charge >= 0.3 is 0 Å². The van der Waals surface area contributed by atoms with E-state index in [-0.39, 0.29) is 17.1 Å². The van der Waals surface area contributed by atoms with Crippen LogP contribution in [0.5, 0.6) is 5.75 Å². The van der Waals surface area contributed by atoms with Crippen molar-refractivity contribution in [3.8, 4) is 5.75 Å². The van der Waals surface area contributed by atoms with Gasteiger partial charge in [0.05, 0.1) is 0 Å². The Labute approximate surface area is 134 Å². The predicted octanol–water partition coefficient (Wildman–Crippen LogP) is 0.999. The SMILES string of the molecule is O=C(c1cc(=O)c(OCc2ccccc2)c[nH]1)N1CCNCC1. The van der Waals surface area contributed by atoms with Crippen LogP contribution in [-0.4, -0.2) is 42.0 Å². The lowest BCUT2D eigenvalue weighted by Crippen LogP contribution is -2.46. The molecule has 1 aromatic heterocycles. The van der Waals surface area contributed by atoms with E-state index >= 15 is 0 Å². The summed E-state index contributed by atoms with van der Waals surface area (Å²) in [6, 6.07) is 10.9. The highest BCUT2D eigenvalue weighted by molar-refractivity contribution is 5.92. The molecule has 0 atom stereocenters. The zero-order valence-electron chi connectivity index (χ0n) is 12.7. The van der Waals surface area contributed by atoms with Crippen molar-refractivity contribution in [1.29, 1.82) is 0 Å². The Kier molecular flexibility index (Phi) is 4.73. The maximum Gasteiger partial charge on any atom is 0.270 e. The summed E-state index contributed by atoms with van der Waals surface area (Å²) in [7, 11) is 0. The van der Waals surface area contributed by atoms with Crippen LogP contribution in [0.2, 0.25) is 0 Å². The number of amides is 1. The number of benzene rings is 1. The molecule has 1 aliphatic heterocycles. The standard InChI is InChI=1S/C17H19N3O3/c21-15-10-14(17(22)20-8-6-18-7-9-20)19-11-16(15)23-12-13-4-2-1-3-5-13/h1-5,10-11,18H,6-9,12H2,(H,19,21). The number of hydrogen-bond acceptors (Lipinski definition) is 4. The molecule has 6 nitrogen and oxygen atoms in total. The molecule has 1 saturated heterocycles. The van der Waals surface area contributed by atoms with Gasteiger partial charge in [0.1, 0.15) is 12.3 Å². The van der Waals surface area contributed by atoms with Crippen LogP contribution in [0.4, 0.5) is 0 Å². The van der Waals surface area contributed by atoms with Gasteiger partial charge in [-0.2, -0.15) is 0 Å². The van der Waals surface area contributed by atoms with Crippen LogP contribution in [-0.2, 0) is 6.61 Å². The number of nitrogens with one attached hydrogen (secondary N) is 2. The van der Waals surface area contributed by atoms with Gasteiger partial charge in [0.2, 0.25) is 5.43 Å². The van der Waals surface area contributed by atoms with Crippen molar-refractivity contribution in [2.45, 2.75) is 6.61 Å². The van der Waals surface area contributed by atoms with Crippen molar-refractivity contribution in [1.82, 2.24) is 15.2 Å². The molecule has 0 bridgehead atoms. The molecule has 2 heterocycles. The van der Waals surface area contributed by atoms with Gasteiger partial charge in [0.25, 0.3) is 5.91 Å². The Morgan fingerprint density at radius 2 is 1.91 bits per heavy atom. The number of carbonyl (C=O) groups excluding carboxylic acids is 1. The summed E-state index contributed by atoms with van der Waals surface area (Å²) in [5, 5.41) is 3.19. The van der Waals surface area contributed by atoms with Crippen LogP contribution < -0.4 is 15.5 Å². The molecule has 23 heavy (non-hydrogen) atoms. The Morgan fingerprint density at radius 1 is 1.17 bits per heavy atom. The average Bonchev–Trinajstić information content (AvgIpc) is 2.61. The van der Waals surface area contributed by atoms with Crippen LogP contribution in [0, 0.1) is 0 Å². The summed E-state index contributed by atoms with van der Waals surface area (Å²) in [5.41, 5.74) is 0.981. The predicted molar refractivity (Wildman–Crippen MR) is 86.6 cm³/mol. The third kappa shape index (κ3) is 3.78. The first-order valence-corrected chi connectivity index (χ1v) is 7.63. The number of aromatic amines is 1. The summed E-state index contributed by atoms with van der Waals surface area (Å²) in [6.07, 6.45) is 1.46.